The van der Waals surface area contributed by atoms with E-state index in [1.165, 1.54) is 0 Å². The van der Waals surface area contributed by atoms with Crippen molar-refractivity contribution in [3.8, 4) is 11.7 Å². The average molecular weight is 270 g/mol. The molecule has 102 valence electrons. The molecule has 0 aliphatic rings. The summed E-state index contributed by atoms with van der Waals surface area (Å²) in [5.41, 5.74) is 1.84. The van der Waals surface area contributed by atoms with Gasteiger partial charge in [0.05, 0.1) is 12.8 Å². The Kier molecular flexibility index (Phi) is 3.08. The molecule has 0 saturated carbocycles. The summed E-state index contributed by atoms with van der Waals surface area (Å²) in [6, 6.07) is 10.2. The molecule has 7 nitrogen and oxygen atoms in total. The van der Waals surface area contributed by atoms with Gasteiger partial charge in [0.15, 0.2) is 0 Å². The number of ether oxygens (including phenoxy) is 1. The van der Waals surface area contributed by atoms with Crippen LogP contribution in [0, 0.1) is 0 Å². The molecule has 0 bridgehead atoms. The van der Waals surface area contributed by atoms with Gasteiger partial charge in [0.1, 0.15) is 0 Å². The lowest BCUT2D eigenvalue weighted by Gasteiger charge is -2.05. The van der Waals surface area contributed by atoms with Crippen molar-refractivity contribution in [2.75, 3.05) is 12.4 Å². The van der Waals surface area contributed by atoms with E-state index >= 15 is 0 Å². The minimum Gasteiger partial charge on any atom is -0.467 e. The minimum absolute atomic E-state index is 0.454. The molecule has 2 heterocycles. The number of aromatic nitrogens is 5. The number of hydrogen-bond donors (Lipinski definition) is 1. The van der Waals surface area contributed by atoms with E-state index in [9.17, 15) is 0 Å². The molecule has 0 atom stereocenters. The zero-order valence-corrected chi connectivity index (χ0v) is 11.2. The molecule has 0 radical (unpaired) electrons. The van der Waals surface area contributed by atoms with Crippen LogP contribution in [0.2, 0.25) is 0 Å². The largest absolute Gasteiger partial charge is 0.467 e. The van der Waals surface area contributed by atoms with Crippen LogP contribution in [-0.2, 0) is 7.05 Å². The maximum absolute atomic E-state index is 5.08. The first kappa shape index (κ1) is 12.2. The van der Waals surface area contributed by atoms with Crippen molar-refractivity contribution in [1.29, 1.82) is 0 Å². The summed E-state index contributed by atoms with van der Waals surface area (Å²) < 4.78 is 8.44. The van der Waals surface area contributed by atoms with Gasteiger partial charge in [-0.25, -0.2) is 9.36 Å². The molecule has 1 aromatic carbocycles. The van der Waals surface area contributed by atoms with Gasteiger partial charge in [-0.3, -0.25) is 0 Å². The average Bonchev–Trinajstić information content (AvgIpc) is 3.09. The van der Waals surface area contributed by atoms with Gasteiger partial charge in [-0.15, -0.1) is 5.10 Å². The van der Waals surface area contributed by atoms with Crippen molar-refractivity contribution in [3.05, 3.63) is 42.7 Å². The van der Waals surface area contributed by atoms with Gasteiger partial charge < -0.3 is 10.1 Å². The Balaban J connectivity index is 1.85. The first-order chi connectivity index (χ1) is 9.76. The maximum Gasteiger partial charge on any atom is 0.316 e. The third-order valence-electron chi connectivity index (χ3n) is 2.78. The lowest BCUT2D eigenvalue weighted by molar-refractivity contribution is 0.359. The van der Waals surface area contributed by atoms with Crippen LogP contribution in [0.1, 0.15) is 0 Å². The minimum atomic E-state index is 0.454. The Labute approximate surface area is 115 Å². The molecule has 0 fully saturated rings. The van der Waals surface area contributed by atoms with E-state index in [-0.39, 0.29) is 0 Å². The molecule has 0 aliphatic carbocycles. The van der Waals surface area contributed by atoms with Gasteiger partial charge in [-0.1, -0.05) is 6.07 Å². The Hall–Kier alpha value is -2.83. The molecule has 3 rings (SSSR count). The standard InChI is InChI=1S/C13H14N6O/c1-18-13(20-2)16-12(17-18)15-10-5-3-6-11(9-10)19-8-4-7-14-19/h3-9H,1-2H3,(H,15,17). The number of methoxy groups -OCH3 is 1. The molecule has 0 amide bonds. The highest BCUT2D eigenvalue weighted by atomic mass is 16.5. The molecule has 20 heavy (non-hydrogen) atoms. The third-order valence-corrected chi connectivity index (χ3v) is 2.78. The van der Waals surface area contributed by atoms with E-state index in [2.05, 4.69) is 20.5 Å². The van der Waals surface area contributed by atoms with Crippen molar-refractivity contribution < 1.29 is 4.74 Å². The zero-order chi connectivity index (χ0) is 13.9. The summed E-state index contributed by atoms with van der Waals surface area (Å²) in [5.74, 6) is 0.488. The monoisotopic (exact) mass is 270 g/mol. The van der Waals surface area contributed by atoms with E-state index in [1.807, 2.05) is 36.5 Å². The van der Waals surface area contributed by atoms with E-state index in [1.54, 1.807) is 29.7 Å². The fourth-order valence-corrected chi connectivity index (χ4v) is 1.88. The predicted octanol–water partition coefficient (Wildman–Crippen LogP) is 1.75. The van der Waals surface area contributed by atoms with Crippen LogP contribution in [0.5, 0.6) is 6.01 Å². The second-order valence-corrected chi connectivity index (χ2v) is 4.17. The Morgan fingerprint density at radius 2 is 2.15 bits per heavy atom. The fourth-order valence-electron chi connectivity index (χ4n) is 1.88. The van der Waals surface area contributed by atoms with Crippen molar-refractivity contribution >= 4 is 11.6 Å². The van der Waals surface area contributed by atoms with Crippen LogP contribution in [0.4, 0.5) is 11.6 Å². The highest BCUT2D eigenvalue weighted by Gasteiger charge is 2.07. The van der Waals surface area contributed by atoms with Crippen LogP contribution >= 0.6 is 0 Å². The quantitative estimate of drug-likeness (QED) is 0.782. The summed E-state index contributed by atoms with van der Waals surface area (Å²) in [7, 11) is 3.34. The summed E-state index contributed by atoms with van der Waals surface area (Å²) in [4.78, 5) is 4.21. The van der Waals surface area contributed by atoms with Gasteiger partial charge in [0.25, 0.3) is 0 Å². The smallest absolute Gasteiger partial charge is 0.316 e. The molecular weight excluding hydrogens is 256 g/mol. The second-order valence-electron chi connectivity index (χ2n) is 4.17. The van der Waals surface area contributed by atoms with E-state index < -0.39 is 0 Å². The Morgan fingerprint density at radius 3 is 2.85 bits per heavy atom. The van der Waals surface area contributed by atoms with Crippen LogP contribution in [0.25, 0.3) is 5.69 Å². The van der Waals surface area contributed by atoms with Crippen molar-refractivity contribution in [3.63, 3.8) is 0 Å². The number of nitrogens with zero attached hydrogens (tertiary/aromatic N) is 5. The molecule has 7 heteroatoms. The second kappa shape index (κ2) is 5.04. The number of aryl methyl sites for hydroxylation is 1. The lowest BCUT2D eigenvalue weighted by Crippen LogP contribution is -1.98. The van der Waals surface area contributed by atoms with E-state index in [0.717, 1.165) is 11.4 Å². The van der Waals surface area contributed by atoms with Gasteiger partial charge in [-0.2, -0.15) is 10.1 Å². The number of nitrogens with one attached hydrogen (secondary N) is 1. The number of rotatable bonds is 4. The first-order valence-corrected chi connectivity index (χ1v) is 6.08. The van der Waals surface area contributed by atoms with Crippen LogP contribution in [0.3, 0.4) is 0 Å². The Bertz CT molecular complexity index is 703. The van der Waals surface area contributed by atoms with Crippen LogP contribution < -0.4 is 10.1 Å². The third kappa shape index (κ3) is 2.33. The topological polar surface area (TPSA) is 69.8 Å². The molecule has 0 spiro atoms. The molecule has 0 aliphatic heterocycles. The van der Waals surface area contributed by atoms with Gasteiger partial charge in [0, 0.05) is 25.1 Å². The molecular formula is C13H14N6O. The van der Waals surface area contributed by atoms with Crippen molar-refractivity contribution in [2.45, 2.75) is 0 Å². The number of anilines is 2. The summed E-state index contributed by atoms with van der Waals surface area (Å²) >= 11 is 0. The maximum atomic E-state index is 5.08. The highest BCUT2D eigenvalue weighted by molar-refractivity contribution is 5.57. The summed E-state index contributed by atoms with van der Waals surface area (Å²) in [5, 5.41) is 11.6. The van der Waals surface area contributed by atoms with Crippen molar-refractivity contribution in [2.24, 2.45) is 7.05 Å². The summed E-state index contributed by atoms with van der Waals surface area (Å²) in [6.07, 6.45) is 3.63. The van der Waals surface area contributed by atoms with Gasteiger partial charge >= 0.3 is 6.01 Å². The van der Waals surface area contributed by atoms with Crippen molar-refractivity contribution in [1.82, 2.24) is 24.5 Å². The number of hydrogen-bond acceptors (Lipinski definition) is 5. The zero-order valence-electron chi connectivity index (χ0n) is 11.2. The van der Waals surface area contributed by atoms with E-state index in [4.69, 9.17) is 4.74 Å². The van der Waals surface area contributed by atoms with Gasteiger partial charge in [0.2, 0.25) is 5.95 Å². The normalized spacial score (nSPS) is 10.5. The van der Waals surface area contributed by atoms with Crippen LogP contribution in [-0.4, -0.2) is 31.7 Å². The number of benzene rings is 1. The molecule has 2 aromatic heterocycles. The highest BCUT2D eigenvalue weighted by Crippen LogP contribution is 2.18. The Morgan fingerprint density at radius 1 is 1.25 bits per heavy atom. The first-order valence-electron chi connectivity index (χ1n) is 6.08. The van der Waals surface area contributed by atoms with E-state index in [0.29, 0.717) is 12.0 Å². The van der Waals surface area contributed by atoms with Gasteiger partial charge in [-0.05, 0) is 24.3 Å². The molecule has 3 aromatic rings. The lowest BCUT2D eigenvalue weighted by atomic mass is 10.3. The summed E-state index contributed by atoms with van der Waals surface area (Å²) in [6.45, 7) is 0. The fraction of sp³-hybridized carbons (Fsp3) is 0.154. The predicted molar refractivity (Wildman–Crippen MR) is 74.4 cm³/mol. The van der Waals surface area contributed by atoms with Crippen LogP contribution in [0.15, 0.2) is 42.7 Å². The molecule has 1 N–H and O–H groups in total. The molecule has 0 saturated heterocycles. The SMILES string of the molecule is COc1nc(Nc2cccc(-n3cccn3)c2)nn1C. The molecule has 0 unspecified atom stereocenters.